The van der Waals surface area contributed by atoms with E-state index in [9.17, 15) is 9.59 Å². The largest absolute Gasteiger partial charge is 0.340 e. The highest BCUT2D eigenvalue weighted by atomic mass is 32.1. The molecule has 1 aromatic rings. The molecule has 0 aliphatic heterocycles. The summed E-state index contributed by atoms with van der Waals surface area (Å²) in [7, 11) is 1.95. The number of amides is 2. The molecule has 0 saturated heterocycles. The highest BCUT2D eigenvalue weighted by Gasteiger charge is 2.55. The molecule has 148 valence electrons. The van der Waals surface area contributed by atoms with Gasteiger partial charge < -0.3 is 9.80 Å². The molecule has 4 aliphatic carbocycles. The summed E-state index contributed by atoms with van der Waals surface area (Å²) in [6.07, 6.45) is 7.41. The second kappa shape index (κ2) is 7.23. The first-order valence-corrected chi connectivity index (χ1v) is 11.4. The van der Waals surface area contributed by atoms with Crippen molar-refractivity contribution in [2.75, 3.05) is 20.1 Å². The predicted octanol–water partition coefficient (Wildman–Crippen LogP) is 4.40. The first-order valence-electron chi connectivity index (χ1n) is 10.6. The van der Waals surface area contributed by atoms with Crippen molar-refractivity contribution in [3.05, 3.63) is 21.9 Å². The van der Waals surface area contributed by atoms with Crippen molar-refractivity contribution in [3.63, 3.8) is 0 Å². The Morgan fingerprint density at radius 3 is 2.11 bits per heavy atom. The van der Waals surface area contributed by atoms with Crippen LogP contribution in [0, 0.1) is 23.2 Å². The summed E-state index contributed by atoms with van der Waals surface area (Å²) in [6, 6.07) is 3.94. The Kier molecular flexibility index (Phi) is 5.08. The van der Waals surface area contributed by atoms with E-state index in [0.29, 0.717) is 12.5 Å². The van der Waals surface area contributed by atoms with Gasteiger partial charge in [0.1, 0.15) is 0 Å². The van der Waals surface area contributed by atoms with Crippen LogP contribution >= 0.6 is 11.3 Å². The van der Waals surface area contributed by atoms with E-state index in [-0.39, 0.29) is 11.3 Å². The number of hydrogen-bond acceptors (Lipinski definition) is 3. The Balaban J connectivity index is 1.43. The summed E-state index contributed by atoms with van der Waals surface area (Å²) in [5.41, 5.74) is -0.0827. The van der Waals surface area contributed by atoms with Crippen molar-refractivity contribution >= 4 is 23.2 Å². The Hall–Kier alpha value is -1.36. The van der Waals surface area contributed by atoms with Gasteiger partial charge in [-0.2, -0.15) is 0 Å². The molecule has 0 spiro atoms. The van der Waals surface area contributed by atoms with Crippen LogP contribution < -0.4 is 0 Å². The van der Waals surface area contributed by atoms with E-state index < -0.39 is 0 Å². The minimum atomic E-state index is -0.0827. The molecule has 4 fully saturated rings. The summed E-state index contributed by atoms with van der Waals surface area (Å²) in [5, 5.41) is 0. The fourth-order valence-corrected chi connectivity index (χ4v) is 7.36. The van der Waals surface area contributed by atoms with Crippen LogP contribution in [-0.4, -0.2) is 41.8 Å². The van der Waals surface area contributed by atoms with E-state index >= 15 is 0 Å². The highest BCUT2D eigenvalue weighted by molar-refractivity contribution is 7.14. The summed E-state index contributed by atoms with van der Waals surface area (Å²) < 4.78 is 0. The van der Waals surface area contributed by atoms with Crippen LogP contribution in [0.2, 0.25) is 0 Å². The molecule has 4 saturated carbocycles. The van der Waals surface area contributed by atoms with Gasteiger partial charge in [0.25, 0.3) is 5.91 Å². The van der Waals surface area contributed by atoms with E-state index in [0.717, 1.165) is 59.9 Å². The summed E-state index contributed by atoms with van der Waals surface area (Å²) in [4.78, 5) is 31.6. The van der Waals surface area contributed by atoms with Gasteiger partial charge in [-0.25, -0.2) is 0 Å². The maximum absolute atomic E-state index is 13.4. The van der Waals surface area contributed by atoms with Crippen LogP contribution in [0.5, 0.6) is 0 Å². The molecule has 4 aliphatic rings. The first kappa shape index (κ1) is 19.0. The summed E-state index contributed by atoms with van der Waals surface area (Å²) in [5.74, 6) is 2.81. The second-order valence-corrected chi connectivity index (χ2v) is 10.3. The third-order valence-corrected chi connectivity index (χ3v) is 8.21. The lowest BCUT2D eigenvalue weighted by Gasteiger charge is -2.56. The van der Waals surface area contributed by atoms with Crippen molar-refractivity contribution in [2.24, 2.45) is 23.2 Å². The summed E-state index contributed by atoms with van der Waals surface area (Å²) in [6.45, 7) is 6.10. The van der Waals surface area contributed by atoms with Crippen LogP contribution in [0.4, 0.5) is 0 Å². The summed E-state index contributed by atoms with van der Waals surface area (Å²) >= 11 is 1.54. The van der Waals surface area contributed by atoms with Gasteiger partial charge in [-0.1, -0.05) is 0 Å². The van der Waals surface area contributed by atoms with E-state index in [1.54, 1.807) is 0 Å². The normalized spacial score (nSPS) is 31.1. The minimum Gasteiger partial charge on any atom is -0.340 e. The molecule has 0 unspecified atom stereocenters. The van der Waals surface area contributed by atoms with E-state index in [2.05, 4.69) is 0 Å². The van der Waals surface area contributed by atoms with Crippen molar-refractivity contribution in [1.82, 2.24) is 9.80 Å². The SMILES string of the molecule is CCN(CC)C(=O)c1ccc(CN(C)C(=O)C23CC4CC(CC(C4)C2)C3)s1. The maximum atomic E-state index is 13.4. The van der Waals surface area contributed by atoms with Crippen LogP contribution in [0.3, 0.4) is 0 Å². The average molecular weight is 389 g/mol. The standard InChI is InChI=1S/C22H32N2O2S/c1-4-24(5-2)20(25)19-7-6-18(27-19)14-23(3)21(26)22-11-15-8-16(12-22)10-17(9-15)13-22/h6-7,15-17H,4-5,8-14H2,1-3H3. The Labute approximate surface area is 166 Å². The fraction of sp³-hybridized carbons (Fsp3) is 0.727. The smallest absolute Gasteiger partial charge is 0.263 e. The molecule has 4 nitrogen and oxygen atoms in total. The highest BCUT2D eigenvalue weighted by Crippen LogP contribution is 2.60. The monoisotopic (exact) mass is 388 g/mol. The second-order valence-electron chi connectivity index (χ2n) is 9.10. The van der Waals surface area contributed by atoms with Crippen LogP contribution in [0.15, 0.2) is 12.1 Å². The van der Waals surface area contributed by atoms with Crippen molar-refractivity contribution in [2.45, 2.75) is 58.9 Å². The lowest BCUT2D eigenvalue weighted by atomic mass is 9.49. The molecule has 5 heteroatoms. The number of rotatable bonds is 6. The zero-order valence-corrected chi connectivity index (χ0v) is 17.7. The third-order valence-electron chi connectivity index (χ3n) is 7.15. The Morgan fingerprint density at radius 2 is 1.59 bits per heavy atom. The van der Waals surface area contributed by atoms with Gasteiger partial charge in [0, 0.05) is 25.0 Å². The van der Waals surface area contributed by atoms with Gasteiger partial charge in [0.2, 0.25) is 5.91 Å². The van der Waals surface area contributed by atoms with Gasteiger partial charge in [0.15, 0.2) is 0 Å². The van der Waals surface area contributed by atoms with Crippen LogP contribution in [0.25, 0.3) is 0 Å². The van der Waals surface area contributed by atoms with Gasteiger partial charge in [-0.3, -0.25) is 9.59 Å². The molecule has 27 heavy (non-hydrogen) atoms. The van der Waals surface area contributed by atoms with E-state index in [4.69, 9.17) is 0 Å². The van der Waals surface area contributed by atoms with Crippen LogP contribution in [0.1, 0.15) is 66.9 Å². The van der Waals surface area contributed by atoms with Gasteiger partial charge >= 0.3 is 0 Å². The van der Waals surface area contributed by atoms with Gasteiger partial charge in [-0.15, -0.1) is 11.3 Å². The molecule has 0 aromatic carbocycles. The quantitative estimate of drug-likeness (QED) is 0.724. The maximum Gasteiger partial charge on any atom is 0.263 e. The molecule has 0 N–H and O–H groups in total. The molecular weight excluding hydrogens is 356 g/mol. The fourth-order valence-electron chi connectivity index (χ4n) is 6.33. The predicted molar refractivity (Wildman–Crippen MR) is 109 cm³/mol. The molecule has 4 bridgehead atoms. The molecule has 2 amide bonds. The number of hydrogen-bond donors (Lipinski definition) is 0. The number of nitrogens with zero attached hydrogens (tertiary/aromatic N) is 2. The first-order chi connectivity index (χ1) is 12.9. The number of thiophene rings is 1. The molecule has 1 aromatic heterocycles. The lowest BCUT2D eigenvalue weighted by molar-refractivity contribution is -0.156. The van der Waals surface area contributed by atoms with Crippen LogP contribution in [-0.2, 0) is 11.3 Å². The van der Waals surface area contributed by atoms with E-state index in [1.165, 1.54) is 30.6 Å². The van der Waals surface area contributed by atoms with Crippen molar-refractivity contribution in [1.29, 1.82) is 0 Å². The Bertz CT molecular complexity index is 686. The van der Waals surface area contributed by atoms with Crippen molar-refractivity contribution < 1.29 is 9.59 Å². The average Bonchev–Trinajstić information content (AvgIpc) is 3.09. The zero-order chi connectivity index (χ0) is 19.2. The number of carbonyl (C=O) groups excluding carboxylic acids is 2. The minimum absolute atomic E-state index is 0.0827. The molecular formula is C22H32N2O2S. The molecule has 5 rings (SSSR count). The third kappa shape index (κ3) is 3.43. The van der Waals surface area contributed by atoms with Gasteiger partial charge in [0.05, 0.1) is 16.8 Å². The van der Waals surface area contributed by atoms with E-state index in [1.807, 2.05) is 42.8 Å². The number of carbonyl (C=O) groups is 2. The molecule has 0 radical (unpaired) electrons. The molecule has 1 heterocycles. The topological polar surface area (TPSA) is 40.6 Å². The Morgan fingerprint density at radius 1 is 1.04 bits per heavy atom. The molecule has 0 atom stereocenters. The van der Waals surface area contributed by atoms with Gasteiger partial charge in [-0.05, 0) is 82.3 Å². The van der Waals surface area contributed by atoms with Crippen molar-refractivity contribution in [3.8, 4) is 0 Å². The zero-order valence-electron chi connectivity index (χ0n) is 16.9. The lowest BCUT2D eigenvalue weighted by Crippen LogP contribution is -2.53.